The Balaban J connectivity index is 1.06. The molecule has 0 spiro atoms. The first-order chi connectivity index (χ1) is 24.5. The summed E-state index contributed by atoms with van der Waals surface area (Å²) in [5.74, 6) is 2.50. The van der Waals surface area contributed by atoms with Crippen LogP contribution in [-0.4, -0.2) is 9.97 Å². The molecule has 0 amide bonds. The molecule has 1 aliphatic heterocycles. The molecule has 0 radical (unpaired) electrons. The zero-order valence-electron chi connectivity index (χ0n) is 27.8. The molecular formula is C47H32N2O. The molecule has 236 valence electrons. The standard InChI is InChI=1S/C47H32N2O/c1-47(2)39-19-7-6-15-34(39)37-17-10-18-38(45(37)47)41-28-40(48-46(49-41)32-11-4-3-5-12-32)30-23-21-29(22-24-30)33-25-26-35-36-16-8-13-31-14-9-20-42(44(31)36)50-43(35)27-33/h3-28H,1-2H3. The van der Waals surface area contributed by atoms with Crippen LogP contribution in [0.4, 0.5) is 0 Å². The van der Waals surface area contributed by atoms with Gasteiger partial charge in [0.1, 0.15) is 11.5 Å². The Hall–Kier alpha value is -6.32. The molecular weight excluding hydrogens is 609 g/mol. The second-order valence-electron chi connectivity index (χ2n) is 13.8. The summed E-state index contributed by atoms with van der Waals surface area (Å²) in [6.07, 6.45) is 0. The number of hydrogen-bond acceptors (Lipinski definition) is 3. The van der Waals surface area contributed by atoms with E-state index in [0.717, 1.165) is 62.1 Å². The minimum absolute atomic E-state index is 0.157. The van der Waals surface area contributed by atoms with Crippen molar-refractivity contribution in [1.82, 2.24) is 9.97 Å². The second kappa shape index (κ2) is 10.8. The highest BCUT2D eigenvalue weighted by molar-refractivity contribution is 6.04. The fraction of sp³-hybridized carbons (Fsp3) is 0.0638. The summed E-state index contributed by atoms with van der Waals surface area (Å²) in [7, 11) is 0. The van der Waals surface area contributed by atoms with Crippen molar-refractivity contribution in [3.63, 3.8) is 0 Å². The number of ether oxygens (including phenoxy) is 1. The van der Waals surface area contributed by atoms with E-state index in [4.69, 9.17) is 14.7 Å². The first-order valence-electron chi connectivity index (χ1n) is 17.2. The van der Waals surface area contributed by atoms with E-state index in [-0.39, 0.29) is 5.41 Å². The molecule has 50 heavy (non-hydrogen) atoms. The molecule has 0 unspecified atom stereocenters. The maximum Gasteiger partial charge on any atom is 0.160 e. The fourth-order valence-corrected chi connectivity index (χ4v) is 8.09. The van der Waals surface area contributed by atoms with Gasteiger partial charge in [0.25, 0.3) is 0 Å². The van der Waals surface area contributed by atoms with Gasteiger partial charge in [0.05, 0.1) is 11.4 Å². The Kier molecular flexibility index (Phi) is 6.22. The lowest BCUT2D eigenvalue weighted by Crippen LogP contribution is -2.16. The summed E-state index contributed by atoms with van der Waals surface area (Å²) in [4.78, 5) is 10.4. The molecule has 10 rings (SSSR count). The maximum atomic E-state index is 6.47. The van der Waals surface area contributed by atoms with Gasteiger partial charge in [-0.05, 0) is 68.6 Å². The fourth-order valence-electron chi connectivity index (χ4n) is 8.09. The lowest BCUT2D eigenvalue weighted by atomic mass is 9.79. The van der Waals surface area contributed by atoms with Gasteiger partial charge in [0.15, 0.2) is 5.82 Å². The number of benzene rings is 7. The number of aromatic nitrogens is 2. The normalized spacial score (nSPS) is 13.3. The van der Waals surface area contributed by atoms with Crippen LogP contribution in [-0.2, 0) is 5.41 Å². The molecule has 2 heterocycles. The van der Waals surface area contributed by atoms with Gasteiger partial charge in [-0.2, -0.15) is 0 Å². The molecule has 7 aromatic carbocycles. The molecule has 1 aliphatic carbocycles. The van der Waals surface area contributed by atoms with E-state index in [9.17, 15) is 0 Å². The van der Waals surface area contributed by atoms with Gasteiger partial charge >= 0.3 is 0 Å². The molecule has 3 nitrogen and oxygen atoms in total. The van der Waals surface area contributed by atoms with Crippen molar-refractivity contribution in [2.24, 2.45) is 0 Å². The van der Waals surface area contributed by atoms with Crippen LogP contribution >= 0.6 is 0 Å². The Morgan fingerprint density at radius 3 is 1.96 bits per heavy atom. The Morgan fingerprint density at radius 2 is 1.10 bits per heavy atom. The van der Waals surface area contributed by atoms with Crippen LogP contribution in [0, 0.1) is 0 Å². The van der Waals surface area contributed by atoms with Gasteiger partial charge in [-0.15, -0.1) is 0 Å². The SMILES string of the molecule is CC1(C)c2ccccc2-c2cccc(-c3cc(-c4ccc(-c5ccc6c(c5)Oc5cccc7cccc-6c57)cc4)nc(-c4ccccc4)n3)c21. The van der Waals surface area contributed by atoms with Crippen molar-refractivity contribution in [3.8, 4) is 78.8 Å². The van der Waals surface area contributed by atoms with Crippen molar-refractivity contribution in [1.29, 1.82) is 0 Å². The third-order valence-corrected chi connectivity index (χ3v) is 10.5. The average Bonchev–Trinajstić information content (AvgIpc) is 3.41. The largest absolute Gasteiger partial charge is 0.456 e. The first-order valence-corrected chi connectivity index (χ1v) is 17.2. The van der Waals surface area contributed by atoms with Crippen molar-refractivity contribution in [2.75, 3.05) is 0 Å². The topological polar surface area (TPSA) is 35.0 Å². The third kappa shape index (κ3) is 4.37. The Labute approximate surface area is 291 Å². The Morgan fingerprint density at radius 1 is 0.440 bits per heavy atom. The quantitative estimate of drug-likeness (QED) is 0.192. The van der Waals surface area contributed by atoms with Crippen LogP contribution in [0.1, 0.15) is 25.0 Å². The predicted molar refractivity (Wildman–Crippen MR) is 204 cm³/mol. The zero-order valence-corrected chi connectivity index (χ0v) is 27.8. The van der Waals surface area contributed by atoms with Crippen molar-refractivity contribution >= 4 is 10.8 Å². The summed E-state index contributed by atoms with van der Waals surface area (Å²) in [6.45, 7) is 4.65. The number of hydrogen-bond donors (Lipinski definition) is 0. The van der Waals surface area contributed by atoms with Crippen molar-refractivity contribution in [3.05, 3.63) is 169 Å². The summed E-state index contributed by atoms with van der Waals surface area (Å²) in [5, 5.41) is 2.37. The van der Waals surface area contributed by atoms with E-state index in [1.54, 1.807) is 0 Å². The van der Waals surface area contributed by atoms with E-state index >= 15 is 0 Å². The summed E-state index contributed by atoms with van der Waals surface area (Å²) < 4.78 is 6.47. The van der Waals surface area contributed by atoms with Crippen molar-refractivity contribution < 1.29 is 4.74 Å². The molecule has 2 aliphatic rings. The van der Waals surface area contributed by atoms with Crippen molar-refractivity contribution in [2.45, 2.75) is 19.3 Å². The van der Waals surface area contributed by atoms with Gasteiger partial charge in [-0.25, -0.2) is 9.97 Å². The van der Waals surface area contributed by atoms with Gasteiger partial charge in [-0.3, -0.25) is 0 Å². The highest BCUT2D eigenvalue weighted by Crippen LogP contribution is 2.52. The van der Waals surface area contributed by atoms with E-state index in [1.807, 2.05) is 18.2 Å². The minimum Gasteiger partial charge on any atom is -0.456 e. The van der Waals surface area contributed by atoms with E-state index < -0.39 is 0 Å². The van der Waals surface area contributed by atoms with E-state index in [2.05, 4.69) is 153 Å². The van der Waals surface area contributed by atoms with Crippen LogP contribution < -0.4 is 4.74 Å². The van der Waals surface area contributed by atoms with Gasteiger partial charge < -0.3 is 4.74 Å². The monoisotopic (exact) mass is 640 g/mol. The summed E-state index contributed by atoms with van der Waals surface area (Å²) in [6, 6.07) is 55.8. The van der Waals surface area contributed by atoms with E-state index in [0.29, 0.717) is 0 Å². The lowest BCUT2D eigenvalue weighted by molar-refractivity contribution is 0.487. The molecule has 0 N–H and O–H groups in total. The number of fused-ring (bicyclic) bond motifs is 5. The lowest BCUT2D eigenvalue weighted by Gasteiger charge is -2.24. The van der Waals surface area contributed by atoms with Crippen LogP contribution in [0.2, 0.25) is 0 Å². The highest BCUT2D eigenvalue weighted by atomic mass is 16.5. The molecule has 0 atom stereocenters. The number of rotatable bonds is 4. The second-order valence-corrected chi connectivity index (χ2v) is 13.8. The molecule has 0 saturated heterocycles. The van der Waals surface area contributed by atoms with Crippen LogP contribution in [0.25, 0.3) is 78.1 Å². The minimum atomic E-state index is -0.157. The van der Waals surface area contributed by atoms with Crippen LogP contribution in [0.15, 0.2) is 158 Å². The van der Waals surface area contributed by atoms with Gasteiger partial charge in [0, 0.05) is 33.1 Å². The molecule has 3 heteroatoms. The molecule has 8 aromatic rings. The van der Waals surface area contributed by atoms with E-state index in [1.165, 1.54) is 38.6 Å². The van der Waals surface area contributed by atoms with Gasteiger partial charge in [0.2, 0.25) is 0 Å². The van der Waals surface area contributed by atoms with Crippen LogP contribution in [0.3, 0.4) is 0 Å². The number of nitrogens with zero attached hydrogens (tertiary/aromatic N) is 2. The smallest absolute Gasteiger partial charge is 0.160 e. The zero-order chi connectivity index (χ0) is 33.4. The molecule has 0 fully saturated rings. The average molecular weight is 641 g/mol. The van der Waals surface area contributed by atoms with Gasteiger partial charge in [-0.1, -0.05) is 147 Å². The first kappa shape index (κ1) is 28.7. The molecule has 0 bridgehead atoms. The summed E-state index contributed by atoms with van der Waals surface area (Å²) in [5.41, 5.74) is 14.7. The molecule has 0 saturated carbocycles. The third-order valence-electron chi connectivity index (χ3n) is 10.5. The maximum absolute atomic E-state index is 6.47. The van der Waals surface area contributed by atoms with Crippen LogP contribution in [0.5, 0.6) is 11.5 Å². The highest BCUT2D eigenvalue weighted by Gasteiger charge is 2.37. The summed E-state index contributed by atoms with van der Waals surface area (Å²) >= 11 is 0. The Bertz CT molecular complexity index is 2630. The predicted octanol–water partition coefficient (Wildman–Crippen LogP) is 12.4. The molecule has 1 aromatic heterocycles.